The van der Waals surface area contributed by atoms with E-state index >= 15 is 0 Å². The average molecular weight is 329 g/mol. The number of likely N-dealkylation sites (tertiary alicyclic amines) is 1. The summed E-state index contributed by atoms with van der Waals surface area (Å²) in [6.45, 7) is 7.53. The average Bonchev–Trinajstić information content (AvgIpc) is 3.05. The zero-order valence-electron chi connectivity index (χ0n) is 14.1. The van der Waals surface area contributed by atoms with E-state index in [9.17, 15) is 0 Å². The second-order valence-electron chi connectivity index (χ2n) is 6.82. The number of nitrogens with one attached hydrogen (secondary N) is 1. The van der Waals surface area contributed by atoms with Crippen molar-refractivity contribution in [1.82, 2.24) is 29.9 Å². The zero-order chi connectivity index (χ0) is 16.5. The van der Waals surface area contributed by atoms with E-state index in [-0.39, 0.29) is 12.1 Å². The summed E-state index contributed by atoms with van der Waals surface area (Å²) in [6, 6.07) is 0.575. The number of ether oxygens (including phenoxy) is 1. The highest BCUT2D eigenvalue weighted by Crippen LogP contribution is 2.30. The highest BCUT2D eigenvalue weighted by molar-refractivity contribution is 5.25. The van der Waals surface area contributed by atoms with Gasteiger partial charge in [0.25, 0.3) is 0 Å². The van der Waals surface area contributed by atoms with Gasteiger partial charge in [-0.3, -0.25) is 4.90 Å². The van der Waals surface area contributed by atoms with Gasteiger partial charge in [-0.25, -0.2) is 14.6 Å². The molecule has 4 rings (SSSR count). The molecule has 8 heteroatoms. The molecule has 0 amide bonds. The molecule has 0 aromatic carbocycles. The predicted molar refractivity (Wildman–Crippen MR) is 88.3 cm³/mol. The zero-order valence-corrected chi connectivity index (χ0v) is 14.1. The molecule has 2 aromatic heterocycles. The van der Waals surface area contributed by atoms with Crippen molar-refractivity contribution in [2.45, 2.75) is 51.6 Å². The lowest BCUT2D eigenvalue weighted by Gasteiger charge is -2.41. The molecular weight excluding hydrogens is 306 g/mol. The van der Waals surface area contributed by atoms with Crippen LogP contribution in [0.3, 0.4) is 0 Å². The van der Waals surface area contributed by atoms with E-state index in [0.717, 1.165) is 37.3 Å². The highest BCUT2D eigenvalue weighted by Gasteiger charge is 2.36. The Morgan fingerprint density at radius 2 is 2.12 bits per heavy atom. The van der Waals surface area contributed by atoms with Crippen molar-refractivity contribution in [2.75, 3.05) is 18.4 Å². The van der Waals surface area contributed by atoms with Crippen LogP contribution in [0.25, 0.3) is 0 Å². The Kier molecular flexibility index (Phi) is 4.15. The van der Waals surface area contributed by atoms with Crippen LogP contribution in [0.1, 0.15) is 37.6 Å². The third-order valence-electron chi connectivity index (χ3n) is 4.54. The largest absolute Gasteiger partial charge is 0.370 e. The molecule has 1 saturated heterocycles. The van der Waals surface area contributed by atoms with E-state index in [2.05, 4.69) is 44.3 Å². The maximum absolute atomic E-state index is 5.96. The van der Waals surface area contributed by atoms with Crippen molar-refractivity contribution in [2.24, 2.45) is 0 Å². The first kappa shape index (κ1) is 15.5. The Morgan fingerprint density at radius 3 is 2.92 bits per heavy atom. The number of hydrogen-bond donors (Lipinski definition) is 1. The van der Waals surface area contributed by atoms with Gasteiger partial charge in [0.05, 0.1) is 30.6 Å². The number of hydrogen-bond acceptors (Lipinski definition) is 7. The number of piperidine rings is 1. The number of rotatable bonds is 4. The van der Waals surface area contributed by atoms with Crippen LogP contribution in [0.5, 0.6) is 0 Å². The third-order valence-corrected chi connectivity index (χ3v) is 4.54. The normalized spacial score (nSPS) is 23.8. The lowest BCUT2D eigenvalue weighted by molar-refractivity contribution is -0.0670. The van der Waals surface area contributed by atoms with Gasteiger partial charge in [0.15, 0.2) is 0 Å². The maximum Gasteiger partial charge on any atom is 0.222 e. The molecular formula is C16H23N7O. The molecule has 4 heterocycles. The van der Waals surface area contributed by atoms with Crippen molar-refractivity contribution < 1.29 is 4.74 Å². The fraction of sp³-hybridized carbons (Fsp3) is 0.625. The van der Waals surface area contributed by atoms with Crippen LogP contribution in [0.2, 0.25) is 0 Å². The van der Waals surface area contributed by atoms with E-state index in [1.807, 2.05) is 17.1 Å². The summed E-state index contributed by atoms with van der Waals surface area (Å²) >= 11 is 0. The molecule has 128 valence electrons. The molecule has 2 aliphatic rings. The summed E-state index contributed by atoms with van der Waals surface area (Å²) in [6.07, 6.45) is 6.86. The second-order valence-corrected chi connectivity index (χ2v) is 6.82. The highest BCUT2D eigenvalue weighted by atomic mass is 16.5. The number of anilines is 1. The van der Waals surface area contributed by atoms with Crippen LogP contribution in [0.15, 0.2) is 18.6 Å². The summed E-state index contributed by atoms with van der Waals surface area (Å²) in [7, 11) is 0. The Morgan fingerprint density at radius 1 is 1.29 bits per heavy atom. The third kappa shape index (κ3) is 3.11. The maximum atomic E-state index is 5.96. The quantitative estimate of drug-likeness (QED) is 0.903. The molecule has 2 aliphatic heterocycles. The van der Waals surface area contributed by atoms with E-state index < -0.39 is 0 Å². The van der Waals surface area contributed by atoms with E-state index in [1.54, 1.807) is 6.20 Å². The lowest BCUT2D eigenvalue weighted by Crippen LogP contribution is -2.47. The Bertz CT molecular complexity index is 684. The predicted octanol–water partition coefficient (Wildman–Crippen LogP) is 1.23. The van der Waals surface area contributed by atoms with Crippen LogP contribution >= 0.6 is 0 Å². The summed E-state index contributed by atoms with van der Waals surface area (Å²) in [4.78, 5) is 11.2. The van der Waals surface area contributed by atoms with Gasteiger partial charge in [-0.05, 0) is 20.3 Å². The van der Waals surface area contributed by atoms with Gasteiger partial charge in [0.1, 0.15) is 0 Å². The molecule has 0 aliphatic carbocycles. The van der Waals surface area contributed by atoms with Crippen molar-refractivity contribution >= 4 is 5.95 Å². The van der Waals surface area contributed by atoms with Gasteiger partial charge in [0, 0.05) is 43.6 Å². The molecule has 2 aromatic rings. The smallest absolute Gasteiger partial charge is 0.222 e. The fourth-order valence-electron chi connectivity index (χ4n) is 3.42. The van der Waals surface area contributed by atoms with Crippen molar-refractivity contribution in [3.63, 3.8) is 0 Å². The van der Waals surface area contributed by atoms with Gasteiger partial charge >= 0.3 is 0 Å². The lowest BCUT2D eigenvalue weighted by atomic mass is 10.00. The van der Waals surface area contributed by atoms with Crippen LogP contribution in [-0.2, 0) is 17.9 Å². The van der Waals surface area contributed by atoms with Crippen molar-refractivity contribution in [3.8, 4) is 0 Å². The Balaban J connectivity index is 1.42. The molecule has 0 saturated carbocycles. The first-order chi connectivity index (χ1) is 11.7. The second kappa shape index (κ2) is 6.45. The number of nitrogens with zero attached hydrogens (tertiary/aromatic N) is 6. The number of aromatic nitrogens is 5. The minimum Gasteiger partial charge on any atom is -0.370 e. The first-order valence-corrected chi connectivity index (χ1v) is 8.49. The molecule has 0 spiro atoms. The topological polar surface area (TPSA) is 81.0 Å². The van der Waals surface area contributed by atoms with Crippen molar-refractivity contribution in [3.05, 3.63) is 29.8 Å². The minimum absolute atomic E-state index is 0.240. The van der Waals surface area contributed by atoms with Gasteiger partial charge in [0.2, 0.25) is 5.95 Å². The molecule has 2 atom stereocenters. The summed E-state index contributed by atoms with van der Waals surface area (Å²) in [5, 5.41) is 11.5. The molecule has 0 unspecified atom stereocenters. The van der Waals surface area contributed by atoms with Gasteiger partial charge < -0.3 is 10.1 Å². The monoisotopic (exact) mass is 329 g/mol. The molecule has 1 N–H and O–H groups in total. The Hall–Kier alpha value is -2.06. The van der Waals surface area contributed by atoms with Crippen LogP contribution in [0, 0.1) is 0 Å². The van der Waals surface area contributed by atoms with Crippen LogP contribution < -0.4 is 5.32 Å². The summed E-state index contributed by atoms with van der Waals surface area (Å²) in [5.41, 5.74) is 2.18. The standard InChI is InChI=1S/C16H23N7O/c1-11(2)20-16-17-5-12(6-18-16)8-22-4-3-15-14(9-22)23-13(10-24-15)7-19-21-23/h5-7,11,14-15H,3-4,8-10H2,1-2H3,(H,17,18,20)/t14-,15+/m0/s1. The molecule has 0 radical (unpaired) electrons. The van der Waals surface area contributed by atoms with Gasteiger partial charge in [-0.1, -0.05) is 5.21 Å². The molecule has 1 fully saturated rings. The van der Waals surface area contributed by atoms with Crippen LogP contribution in [0.4, 0.5) is 5.95 Å². The molecule has 0 bridgehead atoms. The fourth-order valence-corrected chi connectivity index (χ4v) is 3.42. The minimum atomic E-state index is 0.240. The first-order valence-electron chi connectivity index (χ1n) is 8.49. The summed E-state index contributed by atoms with van der Waals surface area (Å²) in [5.74, 6) is 0.681. The van der Waals surface area contributed by atoms with E-state index in [1.165, 1.54) is 0 Å². The summed E-state index contributed by atoms with van der Waals surface area (Å²) < 4.78 is 7.99. The Labute approximate surface area is 141 Å². The van der Waals surface area contributed by atoms with E-state index in [4.69, 9.17) is 4.74 Å². The van der Waals surface area contributed by atoms with Crippen LogP contribution in [-0.4, -0.2) is 55.1 Å². The molecule has 8 nitrogen and oxygen atoms in total. The van der Waals surface area contributed by atoms with Gasteiger partial charge in [-0.2, -0.15) is 0 Å². The molecule has 24 heavy (non-hydrogen) atoms. The van der Waals surface area contributed by atoms with Crippen molar-refractivity contribution in [1.29, 1.82) is 0 Å². The SMILES string of the molecule is CC(C)Nc1ncc(CN2CC[C@H]3OCc4cnnn4[C@H]3C2)cn1. The number of fused-ring (bicyclic) bond motifs is 3. The van der Waals surface area contributed by atoms with E-state index in [0.29, 0.717) is 18.6 Å². The van der Waals surface area contributed by atoms with Gasteiger partial charge in [-0.15, -0.1) is 5.10 Å².